The summed E-state index contributed by atoms with van der Waals surface area (Å²) in [7, 11) is 0. The summed E-state index contributed by atoms with van der Waals surface area (Å²) in [5.41, 5.74) is 1.17. The van der Waals surface area contributed by atoms with Gasteiger partial charge in [-0.2, -0.15) is 0 Å². The number of fused-ring (bicyclic) bond motifs is 1. The molecular formula is C15H18N2S3. The molecule has 2 nitrogen and oxygen atoms in total. The third kappa shape index (κ3) is 2.81. The molecule has 0 saturated carbocycles. The van der Waals surface area contributed by atoms with Crippen LogP contribution in [0, 0.1) is 13.8 Å². The van der Waals surface area contributed by atoms with Crippen LogP contribution in [-0.4, -0.2) is 11.5 Å². The fraction of sp³-hybridized carbons (Fsp3) is 0.400. The minimum Gasteiger partial charge on any atom is -0.309 e. The van der Waals surface area contributed by atoms with Crippen molar-refractivity contribution in [3.05, 3.63) is 38.0 Å². The molecule has 3 aromatic heterocycles. The summed E-state index contributed by atoms with van der Waals surface area (Å²) < 4.78 is 2.80. The molecule has 0 fully saturated rings. The van der Waals surface area contributed by atoms with E-state index >= 15 is 0 Å². The van der Waals surface area contributed by atoms with Gasteiger partial charge in [-0.15, -0.1) is 34.0 Å². The van der Waals surface area contributed by atoms with Crippen molar-refractivity contribution in [2.24, 2.45) is 0 Å². The highest BCUT2D eigenvalue weighted by Crippen LogP contribution is 2.35. The van der Waals surface area contributed by atoms with Gasteiger partial charge in [0.25, 0.3) is 0 Å². The topological polar surface area (TPSA) is 24.9 Å². The van der Waals surface area contributed by atoms with Crippen LogP contribution in [0.5, 0.6) is 0 Å². The van der Waals surface area contributed by atoms with Gasteiger partial charge in [-0.25, -0.2) is 4.98 Å². The van der Waals surface area contributed by atoms with Gasteiger partial charge in [0.15, 0.2) is 0 Å². The van der Waals surface area contributed by atoms with Gasteiger partial charge in [0.2, 0.25) is 0 Å². The lowest BCUT2D eigenvalue weighted by Crippen LogP contribution is -2.22. The first-order valence-electron chi connectivity index (χ1n) is 6.80. The smallest absolute Gasteiger partial charge is 0.0950 e. The Labute approximate surface area is 131 Å². The van der Waals surface area contributed by atoms with E-state index in [1.54, 1.807) is 0 Å². The molecule has 0 aliphatic heterocycles. The second kappa shape index (κ2) is 5.93. The summed E-state index contributed by atoms with van der Waals surface area (Å²) in [5.74, 6) is 0. The van der Waals surface area contributed by atoms with Crippen LogP contribution in [0.1, 0.15) is 33.4 Å². The van der Waals surface area contributed by atoms with E-state index in [0.717, 1.165) is 13.0 Å². The third-order valence-electron chi connectivity index (χ3n) is 3.40. The SMILES string of the molecule is CCNC(Cc1nc(C)c(C)s1)c1cc2sccc2s1. The van der Waals surface area contributed by atoms with E-state index in [1.807, 2.05) is 34.0 Å². The molecular weight excluding hydrogens is 304 g/mol. The van der Waals surface area contributed by atoms with E-state index in [9.17, 15) is 0 Å². The number of aryl methyl sites for hydroxylation is 2. The second-order valence-corrected chi connectivity index (χ2v) is 8.21. The lowest BCUT2D eigenvalue weighted by molar-refractivity contribution is 0.557. The summed E-state index contributed by atoms with van der Waals surface area (Å²) in [6.07, 6.45) is 0.987. The Hall–Kier alpha value is -0.750. The van der Waals surface area contributed by atoms with Crippen LogP contribution >= 0.6 is 34.0 Å². The number of thiophene rings is 2. The van der Waals surface area contributed by atoms with Crippen molar-refractivity contribution in [3.63, 3.8) is 0 Å². The van der Waals surface area contributed by atoms with Crippen LogP contribution in [0.15, 0.2) is 17.5 Å². The summed E-state index contributed by atoms with van der Waals surface area (Å²) in [6, 6.07) is 4.94. The molecule has 0 saturated heterocycles. The molecule has 0 amide bonds. The molecule has 1 atom stereocenters. The summed E-state index contributed by atoms with van der Waals surface area (Å²) >= 11 is 5.56. The Morgan fingerprint density at radius 1 is 1.25 bits per heavy atom. The number of hydrogen-bond acceptors (Lipinski definition) is 5. The van der Waals surface area contributed by atoms with E-state index in [0.29, 0.717) is 6.04 Å². The zero-order valence-electron chi connectivity index (χ0n) is 11.9. The van der Waals surface area contributed by atoms with Gasteiger partial charge >= 0.3 is 0 Å². The van der Waals surface area contributed by atoms with Crippen molar-refractivity contribution in [1.82, 2.24) is 10.3 Å². The molecule has 0 spiro atoms. The Morgan fingerprint density at radius 3 is 2.75 bits per heavy atom. The highest BCUT2D eigenvalue weighted by molar-refractivity contribution is 7.27. The van der Waals surface area contributed by atoms with Crippen LogP contribution in [0.2, 0.25) is 0 Å². The first-order chi connectivity index (χ1) is 9.67. The van der Waals surface area contributed by atoms with E-state index < -0.39 is 0 Å². The lowest BCUT2D eigenvalue weighted by atomic mass is 10.1. The normalized spacial score (nSPS) is 13.2. The molecule has 0 aromatic carbocycles. The molecule has 3 heterocycles. The zero-order valence-corrected chi connectivity index (χ0v) is 14.3. The quantitative estimate of drug-likeness (QED) is 0.720. The van der Waals surface area contributed by atoms with E-state index in [1.165, 1.54) is 29.9 Å². The maximum Gasteiger partial charge on any atom is 0.0950 e. The van der Waals surface area contributed by atoms with Crippen LogP contribution in [0.25, 0.3) is 9.40 Å². The number of nitrogens with zero attached hydrogens (tertiary/aromatic N) is 1. The van der Waals surface area contributed by atoms with Gasteiger partial charge in [0.05, 0.1) is 10.7 Å². The maximum absolute atomic E-state index is 4.69. The van der Waals surface area contributed by atoms with Crippen LogP contribution in [-0.2, 0) is 6.42 Å². The molecule has 1 N–H and O–H groups in total. The van der Waals surface area contributed by atoms with Crippen LogP contribution in [0.3, 0.4) is 0 Å². The monoisotopic (exact) mass is 322 g/mol. The minimum absolute atomic E-state index is 0.384. The fourth-order valence-corrected chi connectivity index (χ4v) is 5.45. The van der Waals surface area contributed by atoms with Gasteiger partial charge in [0.1, 0.15) is 0 Å². The molecule has 20 heavy (non-hydrogen) atoms. The number of hydrogen-bond donors (Lipinski definition) is 1. The molecule has 1 unspecified atom stereocenters. The van der Waals surface area contributed by atoms with Crippen LogP contribution in [0.4, 0.5) is 0 Å². The van der Waals surface area contributed by atoms with E-state index in [2.05, 4.69) is 48.6 Å². The highest BCUT2D eigenvalue weighted by atomic mass is 32.1. The van der Waals surface area contributed by atoms with Gasteiger partial charge in [-0.1, -0.05) is 6.92 Å². The Balaban J connectivity index is 1.86. The minimum atomic E-state index is 0.384. The zero-order chi connectivity index (χ0) is 14.1. The maximum atomic E-state index is 4.69. The van der Waals surface area contributed by atoms with Crippen molar-refractivity contribution < 1.29 is 0 Å². The molecule has 5 heteroatoms. The van der Waals surface area contributed by atoms with Crippen molar-refractivity contribution in [1.29, 1.82) is 0 Å². The summed E-state index contributed by atoms with van der Waals surface area (Å²) in [4.78, 5) is 7.45. The van der Waals surface area contributed by atoms with Gasteiger partial charge in [-0.05, 0) is 37.9 Å². The molecule has 0 aliphatic rings. The summed E-state index contributed by atoms with van der Waals surface area (Å²) in [6.45, 7) is 7.40. The standard InChI is InChI=1S/C15H18N2S3/c1-4-16-11(7-15-17-9(2)10(3)19-15)13-8-14-12(20-13)5-6-18-14/h5-6,8,11,16H,4,7H2,1-3H3. The third-order valence-corrected chi connectivity index (χ3v) is 6.71. The Morgan fingerprint density at radius 2 is 2.10 bits per heavy atom. The highest BCUT2D eigenvalue weighted by Gasteiger charge is 2.17. The Kier molecular flexibility index (Phi) is 4.21. The van der Waals surface area contributed by atoms with Crippen molar-refractivity contribution >= 4 is 43.4 Å². The number of rotatable bonds is 5. The van der Waals surface area contributed by atoms with E-state index in [-0.39, 0.29) is 0 Å². The van der Waals surface area contributed by atoms with Gasteiger partial charge in [0, 0.05) is 31.6 Å². The second-order valence-electron chi connectivity index (χ2n) is 4.86. The molecule has 3 rings (SSSR count). The predicted molar refractivity (Wildman–Crippen MR) is 91.4 cm³/mol. The first-order valence-corrected chi connectivity index (χ1v) is 9.32. The van der Waals surface area contributed by atoms with Crippen molar-refractivity contribution in [2.45, 2.75) is 33.2 Å². The lowest BCUT2D eigenvalue weighted by Gasteiger charge is -2.14. The van der Waals surface area contributed by atoms with Gasteiger partial charge < -0.3 is 5.32 Å². The van der Waals surface area contributed by atoms with Crippen LogP contribution < -0.4 is 5.32 Å². The van der Waals surface area contributed by atoms with Gasteiger partial charge in [-0.3, -0.25) is 0 Å². The van der Waals surface area contributed by atoms with Crippen molar-refractivity contribution in [3.8, 4) is 0 Å². The average Bonchev–Trinajstić information content (AvgIpc) is 3.04. The molecule has 0 bridgehead atoms. The fourth-order valence-electron chi connectivity index (χ4n) is 2.28. The number of thiazole rings is 1. The number of likely N-dealkylation sites (N-methyl/N-ethyl adjacent to an activating group) is 1. The number of nitrogens with one attached hydrogen (secondary N) is 1. The summed E-state index contributed by atoms with van der Waals surface area (Å²) in [5, 5.41) is 7.01. The molecule has 0 radical (unpaired) electrons. The Bertz CT molecular complexity index is 660. The molecule has 106 valence electrons. The molecule has 0 aliphatic carbocycles. The predicted octanol–water partition coefficient (Wildman–Crippen LogP) is 4.93. The molecule has 3 aromatic rings. The number of aromatic nitrogens is 1. The average molecular weight is 323 g/mol. The largest absolute Gasteiger partial charge is 0.309 e. The van der Waals surface area contributed by atoms with E-state index in [4.69, 9.17) is 0 Å². The first kappa shape index (κ1) is 14.2. The van der Waals surface area contributed by atoms with Crippen molar-refractivity contribution in [2.75, 3.05) is 6.54 Å².